The van der Waals surface area contributed by atoms with E-state index >= 15 is 0 Å². The Bertz CT molecular complexity index is 617. The summed E-state index contributed by atoms with van der Waals surface area (Å²) < 4.78 is 26.3. The number of nitrogens with one attached hydrogen (secondary N) is 2. The van der Waals surface area contributed by atoms with Gasteiger partial charge in [-0.15, -0.1) is 0 Å². The summed E-state index contributed by atoms with van der Waals surface area (Å²) in [5.41, 5.74) is 1.11. The molecule has 0 heterocycles. The van der Waals surface area contributed by atoms with Crippen molar-refractivity contribution in [3.63, 3.8) is 0 Å². The minimum atomic E-state index is -0.361. The lowest BCUT2D eigenvalue weighted by molar-refractivity contribution is -0.119. The summed E-state index contributed by atoms with van der Waals surface area (Å²) in [6, 6.07) is 12.3. The molecule has 0 aliphatic rings. The average Bonchev–Trinajstić information content (AvgIpc) is 2.47. The fourth-order valence-electron chi connectivity index (χ4n) is 1.88. The van der Waals surface area contributed by atoms with Crippen LogP contribution in [0.2, 0.25) is 0 Å². The monoisotopic (exact) mass is 290 g/mol. The first kappa shape index (κ1) is 15.0. The molecule has 2 aromatic carbocycles. The van der Waals surface area contributed by atoms with Crippen molar-refractivity contribution < 1.29 is 13.6 Å². The first-order chi connectivity index (χ1) is 10.1. The van der Waals surface area contributed by atoms with Crippen LogP contribution in [0.5, 0.6) is 0 Å². The first-order valence-corrected chi connectivity index (χ1v) is 6.65. The van der Waals surface area contributed by atoms with E-state index in [4.69, 9.17) is 0 Å². The van der Waals surface area contributed by atoms with Crippen molar-refractivity contribution in [2.75, 3.05) is 18.4 Å². The van der Waals surface area contributed by atoms with E-state index in [1.54, 1.807) is 30.3 Å². The van der Waals surface area contributed by atoms with Gasteiger partial charge in [0.05, 0.1) is 6.54 Å². The molecule has 5 heteroatoms. The van der Waals surface area contributed by atoms with Gasteiger partial charge in [0.15, 0.2) is 0 Å². The molecule has 0 spiro atoms. The Hall–Kier alpha value is -2.43. The summed E-state index contributed by atoms with van der Waals surface area (Å²) in [5, 5.41) is 5.50. The molecule has 21 heavy (non-hydrogen) atoms. The van der Waals surface area contributed by atoms with Gasteiger partial charge in [-0.25, -0.2) is 8.78 Å². The van der Waals surface area contributed by atoms with Gasteiger partial charge in [-0.3, -0.25) is 4.79 Å². The summed E-state index contributed by atoms with van der Waals surface area (Å²) in [5.74, 6) is -0.861. The maximum absolute atomic E-state index is 13.4. The van der Waals surface area contributed by atoms with Crippen LogP contribution < -0.4 is 10.6 Å². The molecular weight excluding hydrogens is 274 g/mol. The van der Waals surface area contributed by atoms with Gasteiger partial charge in [-0.1, -0.05) is 24.3 Å². The largest absolute Gasteiger partial charge is 0.376 e. The minimum absolute atomic E-state index is 0.0424. The molecule has 110 valence electrons. The van der Waals surface area contributed by atoms with Crippen LogP contribution in [0.4, 0.5) is 14.5 Å². The number of amides is 1. The van der Waals surface area contributed by atoms with Crippen LogP contribution >= 0.6 is 0 Å². The molecule has 0 aliphatic carbocycles. The molecule has 2 aromatic rings. The smallest absolute Gasteiger partial charge is 0.239 e. The second kappa shape index (κ2) is 7.38. The maximum Gasteiger partial charge on any atom is 0.239 e. The molecule has 0 radical (unpaired) electrons. The molecule has 0 bridgehead atoms. The zero-order valence-corrected chi connectivity index (χ0v) is 11.4. The van der Waals surface area contributed by atoms with Crippen molar-refractivity contribution in [2.24, 2.45) is 0 Å². The number of carbonyl (C=O) groups excluding carboxylic acids is 1. The summed E-state index contributed by atoms with van der Waals surface area (Å²) in [6.07, 6.45) is 0.429. The second-order valence-corrected chi connectivity index (χ2v) is 4.56. The van der Waals surface area contributed by atoms with Crippen molar-refractivity contribution in [3.8, 4) is 0 Å². The van der Waals surface area contributed by atoms with E-state index in [1.165, 1.54) is 18.2 Å². The lowest BCUT2D eigenvalue weighted by Crippen LogP contribution is -2.31. The molecule has 0 saturated carbocycles. The number of anilines is 1. The van der Waals surface area contributed by atoms with Gasteiger partial charge in [-0.05, 0) is 36.2 Å². The molecule has 0 fully saturated rings. The Balaban J connectivity index is 1.72. The third kappa shape index (κ3) is 4.87. The van der Waals surface area contributed by atoms with Crippen LogP contribution in [-0.4, -0.2) is 19.0 Å². The van der Waals surface area contributed by atoms with Crippen LogP contribution in [0.15, 0.2) is 48.5 Å². The third-order valence-corrected chi connectivity index (χ3v) is 2.95. The number of hydrogen-bond donors (Lipinski definition) is 2. The van der Waals surface area contributed by atoms with Crippen molar-refractivity contribution >= 4 is 11.6 Å². The van der Waals surface area contributed by atoms with Gasteiger partial charge in [0, 0.05) is 12.2 Å². The van der Waals surface area contributed by atoms with Gasteiger partial charge < -0.3 is 10.6 Å². The van der Waals surface area contributed by atoms with Crippen LogP contribution in [0.3, 0.4) is 0 Å². The predicted molar refractivity (Wildman–Crippen MR) is 78.0 cm³/mol. The molecule has 0 unspecified atom stereocenters. The molecular formula is C16H16F2N2O. The standard InChI is InChI=1S/C16H16F2N2O/c17-13-5-3-6-14(10-13)20-11-16(21)19-9-8-12-4-1-2-7-15(12)18/h1-7,10,20H,8-9,11H2,(H,19,21). The number of hydrogen-bond acceptors (Lipinski definition) is 2. The van der Waals surface area contributed by atoms with Crippen LogP contribution in [0, 0.1) is 11.6 Å². The fraction of sp³-hybridized carbons (Fsp3) is 0.188. The van der Waals surface area contributed by atoms with Gasteiger partial charge >= 0.3 is 0 Å². The van der Waals surface area contributed by atoms with E-state index in [0.29, 0.717) is 24.2 Å². The van der Waals surface area contributed by atoms with Crippen LogP contribution in [0.25, 0.3) is 0 Å². The van der Waals surface area contributed by atoms with Gasteiger partial charge in [-0.2, -0.15) is 0 Å². The lowest BCUT2D eigenvalue weighted by atomic mass is 10.1. The van der Waals surface area contributed by atoms with Crippen molar-refractivity contribution in [2.45, 2.75) is 6.42 Å². The van der Waals surface area contributed by atoms with E-state index in [0.717, 1.165) is 0 Å². The van der Waals surface area contributed by atoms with E-state index in [-0.39, 0.29) is 24.1 Å². The highest BCUT2D eigenvalue weighted by atomic mass is 19.1. The Morgan fingerprint density at radius 3 is 2.62 bits per heavy atom. The van der Waals surface area contributed by atoms with E-state index < -0.39 is 0 Å². The highest BCUT2D eigenvalue weighted by molar-refractivity contribution is 5.80. The maximum atomic E-state index is 13.4. The molecule has 0 aliphatic heterocycles. The molecule has 0 saturated heterocycles. The summed E-state index contributed by atoms with van der Waals surface area (Å²) in [7, 11) is 0. The number of halogens is 2. The second-order valence-electron chi connectivity index (χ2n) is 4.56. The van der Waals surface area contributed by atoms with Gasteiger partial charge in [0.2, 0.25) is 5.91 Å². The normalized spacial score (nSPS) is 10.2. The van der Waals surface area contributed by atoms with Gasteiger partial charge in [0.1, 0.15) is 11.6 Å². The summed E-state index contributed by atoms with van der Waals surface area (Å²) >= 11 is 0. The van der Waals surface area contributed by atoms with Crippen molar-refractivity contribution in [1.82, 2.24) is 5.32 Å². The van der Waals surface area contributed by atoms with E-state index in [1.807, 2.05) is 0 Å². The zero-order valence-electron chi connectivity index (χ0n) is 11.4. The highest BCUT2D eigenvalue weighted by Gasteiger charge is 2.03. The Labute approximate surface area is 122 Å². The minimum Gasteiger partial charge on any atom is -0.376 e. The molecule has 1 amide bonds. The van der Waals surface area contributed by atoms with Gasteiger partial charge in [0.25, 0.3) is 0 Å². The molecule has 2 N–H and O–H groups in total. The third-order valence-electron chi connectivity index (χ3n) is 2.95. The topological polar surface area (TPSA) is 41.1 Å². The first-order valence-electron chi connectivity index (χ1n) is 6.65. The number of benzene rings is 2. The molecule has 2 rings (SSSR count). The summed E-state index contributed by atoms with van der Waals surface area (Å²) in [6.45, 7) is 0.394. The predicted octanol–water partition coefficient (Wildman–Crippen LogP) is 2.74. The fourth-order valence-corrected chi connectivity index (χ4v) is 1.88. The van der Waals surface area contributed by atoms with E-state index in [2.05, 4.69) is 10.6 Å². The van der Waals surface area contributed by atoms with Crippen LogP contribution in [0.1, 0.15) is 5.56 Å². The van der Waals surface area contributed by atoms with Crippen molar-refractivity contribution in [1.29, 1.82) is 0 Å². The Morgan fingerprint density at radius 1 is 1.05 bits per heavy atom. The zero-order chi connectivity index (χ0) is 15.1. The summed E-state index contributed by atoms with van der Waals surface area (Å²) in [4.78, 5) is 11.6. The number of rotatable bonds is 6. The average molecular weight is 290 g/mol. The SMILES string of the molecule is O=C(CNc1cccc(F)c1)NCCc1ccccc1F. The lowest BCUT2D eigenvalue weighted by Gasteiger charge is -2.08. The number of carbonyl (C=O) groups is 1. The molecule has 3 nitrogen and oxygen atoms in total. The Morgan fingerprint density at radius 2 is 1.86 bits per heavy atom. The highest BCUT2D eigenvalue weighted by Crippen LogP contribution is 2.08. The Kier molecular flexibility index (Phi) is 5.26. The molecule has 0 atom stereocenters. The van der Waals surface area contributed by atoms with Crippen molar-refractivity contribution in [3.05, 3.63) is 65.7 Å². The van der Waals surface area contributed by atoms with E-state index in [9.17, 15) is 13.6 Å². The molecule has 0 aromatic heterocycles. The van der Waals surface area contributed by atoms with Crippen LogP contribution in [-0.2, 0) is 11.2 Å². The quantitative estimate of drug-likeness (QED) is 0.859.